The summed E-state index contributed by atoms with van der Waals surface area (Å²) in [6, 6.07) is 2.17. The summed E-state index contributed by atoms with van der Waals surface area (Å²) < 4.78 is 2.62. The Balaban J connectivity index is 1.71. The first-order valence-electron chi connectivity index (χ1n) is 12.3. The van der Waals surface area contributed by atoms with Crippen LogP contribution in [0.3, 0.4) is 0 Å². The Hall–Kier alpha value is -1.13. The van der Waals surface area contributed by atoms with Crippen LogP contribution in [0.1, 0.15) is 125 Å². The van der Waals surface area contributed by atoms with Crippen LogP contribution in [-0.4, -0.2) is 11.3 Å². The summed E-state index contributed by atoms with van der Waals surface area (Å²) >= 11 is 3.49. The number of fused-ring (bicyclic) bond motifs is 3. The van der Waals surface area contributed by atoms with Crippen molar-refractivity contribution < 1.29 is 4.79 Å². The maximum atomic E-state index is 12.0. The van der Waals surface area contributed by atoms with Gasteiger partial charge in [0.2, 0.25) is 0 Å². The van der Waals surface area contributed by atoms with E-state index in [1.165, 1.54) is 116 Å². The van der Waals surface area contributed by atoms with E-state index in [-0.39, 0.29) is 0 Å². The number of carbonyl (C=O) groups is 1. The predicted molar refractivity (Wildman–Crippen MR) is 136 cm³/mol. The lowest BCUT2D eigenvalue weighted by atomic mass is 9.87. The van der Waals surface area contributed by atoms with E-state index in [0.29, 0.717) is 5.92 Å². The monoisotopic (exact) mass is 445 g/mol. The Kier molecular flexibility index (Phi) is 9.93. The number of carbonyl (C=O) groups excluding carboxylic acids is 1. The van der Waals surface area contributed by atoms with Crippen molar-refractivity contribution >= 4 is 49.4 Å². The number of unbranched alkanes of at least 4 members (excludes halogenated alkanes) is 10. The molecule has 0 amide bonds. The highest BCUT2D eigenvalue weighted by molar-refractivity contribution is 7.27. The Labute approximate surface area is 190 Å². The lowest BCUT2D eigenvalue weighted by molar-refractivity contribution is 0.112. The molecule has 3 heterocycles. The first kappa shape index (κ1) is 23.5. The second-order valence-corrected chi connectivity index (χ2v) is 10.8. The first-order chi connectivity index (χ1) is 14.8. The standard InChI is InChI=1S/C26H39NOS2/c1-3-5-7-9-11-13-15-20(16-14-12-10-8-6-4-2)23-22(19-28)30-26-24(23)27-21-17-18-29-25(21)26/h17-20,27H,3-16H2,1-2H3. The van der Waals surface area contributed by atoms with Gasteiger partial charge in [0.05, 0.1) is 25.3 Å². The number of nitrogens with one attached hydrogen (secondary N) is 1. The average molecular weight is 446 g/mol. The predicted octanol–water partition coefficient (Wildman–Crippen LogP) is 9.84. The van der Waals surface area contributed by atoms with E-state index in [2.05, 4.69) is 30.3 Å². The third-order valence-electron chi connectivity index (χ3n) is 6.43. The van der Waals surface area contributed by atoms with Crippen molar-refractivity contribution in [2.45, 2.75) is 110 Å². The molecule has 30 heavy (non-hydrogen) atoms. The third-order valence-corrected chi connectivity index (χ3v) is 8.64. The van der Waals surface area contributed by atoms with Gasteiger partial charge in [0, 0.05) is 5.56 Å². The van der Waals surface area contributed by atoms with Gasteiger partial charge in [-0.25, -0.2) is 0 Å². The largest absolute Gasteiger partial charge is 0.353 e. The fourth-order valence-electron chi connectivity index (χ4n) is 4.73. The molecule has 0 atom stereocenters. The van der Waals surface area contributed by atoms with Crippen molar-refractivity contribution in [3.05, 3.63) is 21.9 Å². The van der Waals surface area contributed by atoms with Crippen molar-refractivity contribution in [3.63, 3.8) is 0 Å². The van der Waals surface area contributed by atoms with Crippen LogP contribution in [0.25, 0.3) is 20.4 Å². The van der Waals surface area contributed by atoms with Gasteiger partial charge in [-0.3, -0.25) is 4.79 Å². The number of rotatable bonds is 16. The number of aromatic amines is 1. The van der Waals surface area contributed by atoms with Crippen LogP contribution in [-0.2, 0) is 0 Å². The minimum atomic E-state index is 0.518. The first-order valence-corrected chi connectivity index (χ1v) is 14.0. The van der Waals surface area contributed by atoms with Crippen molar-refractivity contribution in [3.8, 4) is 0 Å². The maximum Gasteiger partial charge on any atom is 0.160 e. The van der Waals surface area contributed by atoms with E-state index in [1.807, 2.05) is 0 Å². The smallest absolute Gasteiger partial charge is 0.160 e. The molecule has 3 aromatic heterocycles. The summed E-state index contributed by atoms with van der Waals surface area (Å²) in [4.78, 5) is 16.6. The molecule has 2 nitrogen and oxygen atoms in total. The molecule has 0 saturated carbocycles. The van der Waals surface area contributed by atoms with Crippen LogP contribution in [0, 0.1) is 0 Å². The second-order valence-electron chi connectivity index (χ2n) is 8.80. The van der Waals surface area contributed by atoms with E-state index < -0.39 is 0 Å². The highest BCUT2D eigenvalue weighted by atomic mass is 32.1. The summed E-state index contributed by atoms with van der Waals surface area (Å²) in [5.41, 5.74) is 3.82. The zero-order valence-electron chi connectivity index (χ0n) is 18.9. The van der Waals surface area contributed by atoms with Gasteiger partial charge in [0.1, 0.15) is 0 Å². The molecule has 0 aliphatic heterocycles. The zero-order valence-corrected chi connectivity index (χ0v) is 20.6. The third kappa shape index (κ3) is 5.97. The highest BCUT2D eigenvalue weighted by Crippen LogP contribution is 2.44. The number of aldehydes is 1. The molecule has 1 N–H and O–H groups in total. The van der Waals surface area contributed by atoms with Crippen molar-refractivity contribution in [2.24, 2.45) is 0 Å². The zero-order chi connectivity index (χ0) is 21.2. The number of aromatic nitrogens is 1. The maximum absolute atomic E-state index is 12.0. The van der Waals surface area contributed by atoms with Crippen LogP contribution < -0.4 is 0 Å². The van der Waals surface area contributed by atoms with Gasteiger partial charge in [-0.1, -0.05) is 90.9 Å². The van der Waals surface area contributed by atoms with Crippen molar-refractivity contribution in [1.29, 1.82) is 0 Å². The summed E-state index contributed by atoms with van der Waals surface area (Å²) in [5.74, 6) is 0.518. The van der Waals surface area contributed by atoms with Gasteiger partial charge in [0.25, 0.3) is 0 Å². The molecule has 0 fully saturated rings. The van der Waals surface area contributed by atoms with E-state index in [1.54, 1.807) is 22.7 Å². The van der Waals surface area contributed by atoms with Gasteiger partial charge in [-0.15, -0.1) is 22.7 Å². The fourth-order valence-corrected chi connectivity index (χ4v) is 6.91. The van der Waals surface area contributed by atoms with Crippen molar-refractivity contribution in [2.75, 3.05) is 0 Å². The fraction of sp³-hybridized carbons (Fsp3) is 0.654. The molecule has 166 valence electrons. The summed E-state index contributed by atoms with van der Waals surface area (Å²) in [5, 5.41) is 2.14. The Morgan fingerprint density at radius 2 is 1.47 bits per heavy atom. The topological polar surface area (TPSA) is 32.9 Å². The molecule has 0 radical (unpaired) electrons. The Morgan fingerprint density at radius 1 is 0.867 bits per heavy atom. The summed E-state index contributed by atoms with van der Waals surface area (Å²) in [6.45, 7) is 4.56. The van der Waals surface area contributed by atoms with Gasteiger partial charge < -0.3 is 4.98 Å². The number of hydrogen-bond acceptors (Lipinski definition) is 3. The molecule has 0 aromatic carbocycles. The van der Waals surface area contributed by atoms with Gasteiger partial charge in [-0.2, -0.15) is 0 Å². The summed E-state index contributed by atoms with van der Waals surface area (Å²) in [6.07, 6.45) is 19.6. The number of hydrogen-bond donors (Lipinski definition) is 1. The van der Waals surface area contributed by atoms with E-state index in [4.69, 9.17) is 0 Å². The molecular formula is C26H39NOS2. The van der Waals surface area contributed by atoms with E-state index >= 15 is 0 Å². The SMILES string of the molecule is CCCCCCCCC(CCCCCCCC)c1c(C=O)sc2c1[nH]c1ccsc12. The lowest BCUT2D eigenvalue weighted by Gasteiger charge is -2.17. The summed E-state index contributed by atoms with van der Waals surface area (Å²) in [7, 11) is 0. The minimum Gasteiger partial charge on any atom is -0.353 e. The second kappa shape index (κ2) is 12.7. The molecular weight excluding hydrogens is 406 g/mol. The molecule has 0 bridgehead atoms. The van der Waals surface area contributed by atoms with Gasteiger partial charge in [0.15, 0.2) is 6.29 Å². The van der Waals surface area contributed by atoms with Crippen LogP contribution in [0.5, 0.6) is 0 Å². The highest BCUT2D eigenvalue weighted by Gasteiger charge is 2.23. The molecule has 0 aliphatic rings. The molecule has 0 aliphatic carbocycles. The quantitative estimate of drug-likeness (QED) is 0.173. The Morgan fingerprint density at radius 3 is 2.07 bits per heavy atom. The molecule has 0 saturated heterocycles. The minimum absolute atomic E-state index is 0.518. The van der Waals surface area contributed by atoms with Crippen LogP contribution in [0.2, 0.25) is 0 Å². The Bertz CT molecular complexity index is 872. The van der Waals surface area contributed by atoms with Crippen LogP contribution in [0.15, 0.2) is 11.4 Å². The van der Waals surface area contributed by atoms with Crippen molar-refractivity contribution in [1.82, 2.24) is 4.98 Å². The lowest BCUT2D eigenvalue weighted by Crippen LogP contribution is -2.02. The van der Waals surface area contributed by atoms with E-state index in [9.17, 15) is 4.79 Å². The van der Waals surface area contributed by atoms with Crippen LogP contribution in [0.4, 0.5) is 0 Å². The number of H-pyrrole nitrogens is 1. The molecule has 3 rings (SSSR count). The normalized spacial score (nSPS) is 12.0. The number of thiophene rings is 2. The average Bonchev–Trinajstić information content (AvgIpc) is 3.43. The van der Waals surface area contributed by atoms with Gasteiger partial charge in [-0.05, 0) is 30.2 Å². The molecule has 4 heteroatoms. The molecule has 0 unspecified atom stereocenters. The van der Waals surface area contributed by atoms with Crippen LogP contribution >= 0.6 is 22.7 Å². The van der Waals surface area contributed by atoms with Gasteiger partial charge >= 0.3 is 0 Å². The molecule has 3 aromatic rings. The van der Waals surface area contributed by atoms with E-state index in [0.717, 1.165) is 11.2 Å². The molecule has 0 spiro atoms.